The number of halogens is 4. The minimum atomic E-state index is -4.44. The molecule has 0 fully saturated rings. The Morgan fingerprint density at radius 2 is 1.84 bits per heavy atom. The number of anilines is 3. The molecule has 2 aromatic rings. The first kappa shape index (κ1) is 24.1. The van der Waals surface area contributed by atoms with Gasteiger partial charge in [-0.1, -0.05) is 37.8 Å². The van der Waals surface area contributed by atoms with Gasteiger partial charge in [0.05, 0.1) is 29.2 Å². The molecule has 0 bridgehead atoms. The molecule has 31 heavy (non-hydrogen) atoms. The van der Waals surface area contributed by atoms with Gasteiger partial charge in [-0.05, 0) is 36.2 Å². The Kier molecular flexibility index (Phi) is 8.31. The number of nitrogens with zero attached hydrogens (tertiary/aromatic N) is 1. The second-order valence-electron chi connectivity index (χ2n) is 7.12. The second-order valence-corrected chi connectivity index (χ2v) is 7.12. The van der Waals surface area contributed by atoms with E-state index < -0.39 is 17.6 Å². The van der Waals surface area contributed by atoms with Crippen LogP contribution in [0.15, 0.2) is 36.4 Å². The number of terminal acetylenes is 1. The second kappa shape index (κ2) is 10.7. The lowest BCUT2D eigenvalue weighted by Gasteiger charge is -2.24. The zero-order valence-electron chi connectivity index (χ0n) is 17.2. The number of carbonyl (C=O) groups excluding carboxylic acids is 1. The van der Waals surface area contributed by atoms with Crippen molar-refractivity contribution in [2.45, 2.75) is 45.3 Å². The van der Waals surface area contributed by atoms with Crippen molar-refractivity contribution in [3.05, 3.63) is 53.3 Å². The molecule has 0 saturated heterocycles. The largest absolute Gasteiger partial charge is 0.416 e. The molecule has 166 valence electrons. The molecule has 2 aromatic carbocycles. The molecule has 2 rings (SSSR count). The Balaban J connectivity index is 2.20. The maximum absolute atomic E-state index is 15.0. The Hall–Kier alpha value is -3.21. The first-order valence-corrected chi connectivity index (χ1v) is 9.89. The van der Waals surface area contributed by atoms with E-state index in [9.17, 15) is 22.4 Å². The summed E-state index contributed by atoms with van der Waals surface area (Å²) in [7, 11) is 0. The fourth-order valence-corrected chi connectivity index (χ4v) is 3.04. The number of amides is 1. The number of hydrogen-bond donors (Lipinski definition) is 2. The van der Waals surface area contributed by atoms with Crippen molar-refractivity contribution in [3.63, 3.8) is 0 Å². The molecular weight excluding hydrogens is 410 g/mol. The molecule has 0 saturated carbocycles. The third-order valence-corrected chi connectivity index (χ3v) is 4.72. The molecule has 0 aliphatic rings. The van der Waals surface area contributed by atoms with Gasteiger partial charge in [-0.2, -0.15) is 13.2 Å². The number of nitrogens with one attached hydrogen (secondary N) is 1. The van der Waals surface area contributed by atoms with Crippen molar-refractivity contribution in [2.24, 2.45) is 0 Å². The molecule has 0 atom stereocenters. The van der Waals surface area contributed by atoms with Gasteiger partial charge in [0.1, 0.15) is 0 Å². The smallest absolute Gasteiger partial charge is 0.395 e. The third kappa shape index (κ3) is 6.64. The first-order chi connectivity index (χ1) is 14.7. The van der Waals surface area contributed by atoms with Crippen LogP contribution in [0, 0.1) is 18.2 Å². The SMILES string of the molecule is C#CCN(Cc1ccc(C(F)(F)F)cc1)c1ccc(NC(=O)CCCCC)c(N)c1F. The molecular formula is C23H25F4N3O. The standard InChI is InChI=1S/C23H25F4N3O/c1-3-5-6-7-20(31)29-18-12-13-19(21(24)22(18)28)30(14-4-2)15-16-8-10-17(11-9-16)23(25,26)27/h2,8-13H,3,5-7,14-15,28H2,1H3,(H,29,31). The maximum atomic E-state index is 15.0. The van der Waals surface area contributed by atoms with Crippen molar-refractivity contribution in [2.75, 3.05) is 22.5 Å². The highest BCUT2D eigenvalue weighted by atomic mass is 19.4. The van der Waals surface area contributed by atoms with Gasteiger partial charge in [-0.25, -0.2) is 4.39 Å². The van der Waals surface area contributed by atoms with Crippen LogP contribution < -0.4 is 16.0 Å². The van der Waals surface area contributed by atoms with Gasteiger partial charge in [0.15, 0.2) is 5.82 Å². The monoisotopic (exact) mass is 435 g/mol. The Labute approximate surface area is 179 Å². The van der Waals surface area contributed by atoms with E-state index in [-0.39, 0.29) is 36.1 Å². The fraction of sp³-hybridized carbons (Fsp3) is 0.348. The van der Waals surface area contributed by atoms with Crippen molar-refractivity contribution >= 4 is 23.0 Å². The van der Waals surface area contributed by atoms with Gasteiger partial charge in [0, 0.05) is 13.0 Å². The first-order valence-electron chi connectivity index (χ1n) is 9.89. The molecule has 0 heterocycles. The molecule has 1 amide bonds. The molecule has 0 aliphatic carbocycles. The predicted molar refractivity (Wildman–Crippen MR) is 115 cm³/mol. The van der Waals surface area contributed by atoms with Crippen molar-refractivity contribution in [3.8, 4) is 12.3 Å². The van der Waals surface area contributed by atoms with Gasteiger partial charge in [0.25, 0.3) is 0 Å². The van der Waals surface area contributed by atoms with E-state index in [2.05, 4.69) is 11.2 Å². The maximum Gasteiger partial charge on any atom is 0.416 e. The summed E-state index contributed by atoms with van der Waals surface area (Å²) in [4.78, 5) is 13.5. The zero-order valence-corrected chi connectivity index (χ0v) is 17.2. The summed E-state index contributed by atoms with van der Waals surface area (Å²) in [6.45, 7) is 2.12. The molecule has 0 spiro atoms. The van der Waals surface area contributed by atoms with Crippen LogP contribution in [-0.4, -0.2) is 12.5 Å². The minimum Gasteiger partial charge on any atom is -0.395 e. The Morgan fingerprint density at radius 3 is 2.42 bits per heavy atom. The van der Waals surface area contributed by atoms with Crippen LogP contribution in [0.5, 0.6) is 0 Å². The number of nitrogen functional groups attached to an aromatic ring is 1. The summed E-state index contributed by atoms with van der Waals surface area (Å²) in [6, 6.07) is 7.49. The zero-order chi connectivity index (χ0) is 23.0. The summed E-state index contributed by atoms with van der Waals surface area (Å²) >= 11 is 0. The van der Waals surface area contributed by atoms with Crippen LogP contribution in [0.4, 0.5) is 34.6 Å². The Morgan fingerprint density at radius 1 is 1.16 bits per heavy atom. The molecule has 3 N–H and O–H groups in total. The van der Waals surface area contributed by atoms with Gasteiger partial charge < -0.3 is 16.0 Å². The Bertz CT molecular complexity index is 934. The van der Waals surface area contributed by atoms with Crippen LogP contribution in [-0.2, 0) is 17.5 Å². The van der Waals surface area contributed by atoms with Crippen LogP contribution in [0.3, 0.4) is 0 Å². The summed E-state index contributed by atoms with van der Waals surface area (Å²) < 4.78 is 53.2. The van der Waals surface area contributed by atoms with E-state index in [0.717, 1.165) is 31.4 Å². The average Bonchev–Trinajstić information content (AvgIpc) is 2.71. The molecule has 0 aromatic heterocycles. The van der Waals surface area contributed by atoms with Crippen molar-refractivity contribution in [1.29, 1.82) is 0 Å². The highest BCUT2D eigenvalue weighted by Crippen LogP contribution is 2.32. The fourth-order valence-electron chi connectivity index (χ4n) is 3.04. The van der Waals surface area contributed by atoms with Gasteiger partial charge in [0.2, 0.25) is 5.91 Å². The lowest BCUT2D eigenvalue weighted by Crippen LogP contribution is -2.25. The number of carbonyl (C=O) groups is 1. The van der Waals surface area contributed by atoms with Gasteiger partial charge in [-0.3, -0.25) is 4.79 Å². The van der Waals surface area contributed by atoms with E-state index in [1.807, 2.05) is 6.92 Å². The number of hydrogen-bond acceptors (Lipinski definition) is 3. The highest BCUT2D eigenvalue weighted by Gasteiger charge is 2.30. The molecule has 0 aliphatic heterocycles. The summed E-state index contributed by atoms with van der Waals surface area (Å²) in [5.41, 5.74) is 5.68. The molecule has 8 heteroatoms. The van der Waals surface area contributed by atoms with E-state index in [0.29, 0.717) is 12.0 Å². The van der Waals surface area contributed by atoms with Gasteiger partial charge >= 0.3 is 6.18 Å². The summed E-state index contributed by atoms with van der Waals surface area (Å²) in [5, 5.41) is 2.61. The topological polar surface area (TPSA) is 58.4 Å². The minimum absolute atomic E-state index is 0.0140. The highest BCUT2D eigenvalue weighted by molar-refractivity contribution is 5.94. The quantitative estimate of drug-likeness (QED) is 0.234. The third-order valence-electron chi connectivity index (χ3n) is 4.72. The normalized spacial score (nSPS) is 11.1. The van der Waals surface area contributed by atoms with Crippen LogP contribution in [0.1, 0.15) is 43.7 Å². The molecule has 4 nitrogen and oxygen atoms in total. The summed E-state index contributed by atoms with van der Waals surface area (Å²) in [6.07, 6.45) is 3.89. The van der Waals surface area contributed by atoms with Crippen LogP contribution in [0.2, 0.25) is 0 Å². The lowest BCUT2D eigenvalue weighted by molar-refractivity contribution is -0.137. The van der Waals surface area contributed by atoms with E-state index in [1.54, 1.807) is 0 Å². The summed E-state index contributed by atoms with van der Waals surface area (Å²) in [5.74, 6) is 1.40. The molecule has 0 radical (unpaired) electrons. The molecule has 0 unspecified atom stereocenters. The number of benzene rings is 2. The average molecular weight is 435 g/mol. The number of unbranched alkanes of at least 4 members (excludes halogenated alkanes) is 2. The van der Waals surface area contributed by atoms with Crippen molar-refractivity contribution < 1.29 is 22.4 Å². The van der Waals surface area contributed by atoms with E-state index >= 15 is 0 Å². The number of nitrogens with two attached hydrogens (primary N) is 1. The van der Waals surface area contributed by atoms with E-state index in [4.69, 9.17) is 12.2 Å². The number of alkyl halides is 3. The van der Waals surface area contributed by atoms with Gasteiger partial charge in [-0.15, -0.1) is 6.42 Å². The van der Waals surface area contributed by atoms with E-state index in [1.165, 1.54) is 29.2 Å². The number of rotatable bonds is 9. The van der Waals surface area contributed by atoms with Crippen LogP contribution in [0.25, 0.3) is 0 Å². The van der Waals surface area contributed by atoms with Crippen LogP contribution >= 0.6 is 0 Å². The lowest BCUT2D eigenvalue weighted by atomic mass is 10.1. The predicted octanol–water partition coefficient (Wildman–Crippen LogP) is 5.59. The van der Waals surface area contributed by atoms with Crippen molar-refractivity contribution in [1.82, 2.24) is 0 Å².